The predicted molar refractivity (Wildman–Crippen MR) is 137 cm³/mol. The lowest BCUT2D eigenvalue weighted by Crippen LogP contribution is -2.45. The Morgan fingerprint density at radius 3 is 1.94 bits per heavy atom. The van der Waals surface area contributed by atoms with E-state index in [1.807, 2.05) is 18.2 Å². The summed E-state index contributed by atoms with van der Waals surface area (Å²) in [6.07, 6.45) is 0. The van der Waals surface area contributed by atoms with Crippen molar-refractivity contribution in [3.8, 4) is 17.2 Å². The van der Waals surface area contributed by atoms with Crippen molar-refractivity contribution in [2.45, 2.75) is 13.1 Å². The second-order valence-corrected chi connectivity index (χ2v) is 8.15. The van der Waals surface area contributed by atoms with Crippen molar-refractivity contribution in [2.75, 3.05) is 72.7 Å². The Bertz CT molecular complexity index is 854. The molecule has 1 saturated heterocycles. The van der Waals surface area contributed by atoms with Gasteiger partial charge in [-0.2, -0.15) is 0 Å². The molecule has 2 aromatic rings. The first-order valence-electron chi connectivity index (χ1n) is 11.6. The van der Waals surface area contributed by atoms with E-state index in [-0.39, 0.29) is 31.4 Å². The van der Waals surface area contributed by atoms with Gasteiger partial charge in [-0.15, -0.1) is 24.8 Å². The molecule has 4 rings (SSSR count). The molecule has 0 saturated carbocycles. The summed E-state index contributed by atoms with van der Waals surface area (Å²) in [5.41, 5.74) is 2.55. The molecule has 0 aromatic heterocycles. The molecular formula is C25H35Cl2FN2O5. The average molecular weight is 533 g/mol. The number of alkyl halides is 1. The molecule has 1 fully saturated rings. The van der Waals surface area contributed by atoms with Gasteiger partial charge in [-0.3, -0.25) is 9.80 Å². The van der Waals surface area contributed by atoms with Gasteiger partial charge >= 0.3 is 0 Å². The quantitative estimate of drug-likeness (QED) is 0.362. The molecule has 196 valence electrons. The minimum absolute atomic E-state index is 0. The van der Waals surface area contributed by atoms with Crippen LogP contribution in [0.4, 0.5) is 4.39 Å². The van der Waals surface area contributed by atoms with E-state index < -0.39 is 6.67 Å². The Morgan fingerprint density at radius 1 is 0.686 bits per heavy atom. The van der Waals surface area contributed by atoms with E-state index in [0.29, 0.717) is 33.2 Å². The standard InChI is InChI=1S/C25H33FN2O5.2ClH/c26-7-12-29-13-14-30-15-16-31-23-4-1-21(2-5-23)18-27-8-10-28(11-9-27)19-22-3-6-24-25(17-22)33-20-32-24;;/h1-6,17H,7-16,18-20H2;2*1H. The van der Waals surface area contributed by atoms with Crippen molar-refractivity contribution in [3.05, 3.63) is 53.6 Å². The number of rotatable bonds is 13. The van der Waals surface area contributed by atoms with E-state index in [0.717, 1.165) is 56.5 Å². The smallest absolute Gasteiger partial charge is 0.231 e. The normalized spacial score (nSPS) is 15.3. The third kappa shape index (κ3) is 9.63. The highest BCUT2D eigenvalue weighted by molar-refractivity contribution is 5.85. The number of nitrogens with zero attached hydrogens (tertiary/aromatic N) is 2. The van der Waals surface area contributed by atoms with Gasteiger partial charge in [0.15, 0.2) is 11.5 Å². The molecule has 10 heteroatoms. The molecule has 0 radical (unpaired) electrons. The van der Waals surface area contributed by atoms with Crippen molar-refractivity contribution in [1.29, 1.82) is 0 Å². The SMILES string of the molecule is Cl.Cl.FCCOCCOCCOc1ccc(CN2CCN(Cc3ccc4c(c3)OCO4)CC2)cc1. The number of hydrogen-bond acceptors (Lipinski definition) is 7. The maximum Gasteiger partial charge on any atom is 0.231 e. The van der Waals surface area contributed by atoms with Crippen LogP contribution in [0.25, 0.3) is 0 Å². The predicted octanol–water partition coefficient (Wildman–Crippen LogP) is 3.96. The van der Waals surface area contributed by atoms with E-state index in [2.05, 4.69) is 34.1 Å². The van der Waals surface area contributed by atoms with Crippen molar-refractivity contribution >= 4 is 24.8 Å². The molecule has 2 aromatic carbocycles. The maximum absolute atomic E-state index is 11.9. The Kier molecular flexibility index (Phi) is 13.5. The zero-order chi connectivity index (χ0) is 22.7. The van der Waals surface area contributed by atoms with Crippen LogP contribution in [0, 0.1) is 0 Å². The largest absolute Gasteiger partial charge is 0.491 e. The van der Waals surface area contributed by atoms with Gasteiger partial charge in [-0.1, -0.05) is 18.2 Å². The van der Waals surface area contributed by atoms with Gasteiger partial charge in [0.25, 0.3) is 0 Å². The van der Waals surface area contributed by atoms with E-state index >= 15 is 0 Å². The minimum Gasteiger partial charge on any atom is -0.491 e. The fraction of sp³-hybridized carbons (Fsp3) is 0.520. The summed E-state index contributed by atoms with van der Waals surface area (Å²) in [5, 5.41) is 0. The average Bonchev–Trinajstić information content (AvgIpc) is 3.31. The Balaban J connectivity index is 0.00000216. The van der Waals surface area contributed by atoms with Crippen LogP contribution in [0.15, 0.2) is 42.5 Å². The van der Waals surface area contributed by atoms with Crippen LogP contribution in [0.5, 0.6) is 17.2 Å². The van der Waals surface area contributed by atoms with Crippen LogP contribution < -0.4 is 14.2 Å². The summed E-state index contributed by atoms with van der Waals surface area (Å²) >= 11 is 0. The zero-order valence-corrected chi connectivity index (χ0v) is 21.5. The summed E-state index contributed by atoms with van der Waals surface area (Å²) in [5.74, 6) is 2.53. The van der Waals surface area contributed by atoms with Gasteiger partial charge < -0.3 is 23.7 Å². The molecule has 0 amide bonds. The van der Waals surface area contributed by atoms with Gasteiger partial charge in [0.1, 0.15) is 19.0 Å². The highest BCUT2D eigenvalue weighted by atomic mass is 35.5. The van der Waals surface area contributed by atoms with Crippen LogP contribution in [-0.2, 0) is 22.6 Å². The lowest BCUT2D eigenvalue weighted by molar-refractivity contribution is 0.0325. The summed E-state index contributed by atoms with van der Waals surface area (Å²) in [6, 6.07) is 14.5. The molecule has 0 spiro atoms. The molecule has 2 aliphatic rings. The van der Waals surface area contributed by atoms with Crippen molar-refractivity contribution < 1.29 is 28.1 Å². The fourth-order valence-electron chi connectivity index (χ4n) is 3.95. The molecule has 7 nitrogen and oxygen atoms in total. The highest BCUT2D eigenvalue weighted by Crippen LogP contribution is 2.32. The van der Waals surface area contributed by atoms with E-state index in [1.165, 1.54) is 11.1 Å². The van der Waals surface area contributed by atoms with E-state index in [9.17, 15) is 4.39 Å². The van der Waals surface area contributed by atoms with Crippen LogP contribution in [0.2, 0.25) is 0 Å². The van der Waals surface area contributed by atoms with Gasteiger partial charge in [0, 0.05) is 39.3 Å². The Labute approximate surface area is 219 Å². The molecule has 0 bridgehead atoms. The first kappa shape index (κ1) is 29.4. The van der Waals surface area contributed by atoms with Gasteiger partial charge in [-0.25, -0.2) is 4.39 Å². The summed E-state index contributed by atoms with van der Waals surface area (Å²) < 4.78 is 38.9. The molecule has 0 unspecified atom stereocenters. The van der Waals surface area contributed by atoms with Crippen molar-refractivity contribution in [3.63, 3.8) is 0 Å². The third-order valence-corrected chi connectivity index (χ3v) is 5.73. The lowest BCUT2D eigenvalue weighted by Gasteiger charge is -2.34. The number of ether oxygens (including phenoxy) is 5. The monoisotopic (exact) mass is 532 g/mol. The van der Waals surface area contributed by atoms with Crippen LogP contribution in [0.3, 0.4) is 0 Å². The maximum atomic E-state index is 11.9. The highest BCUT2D eigenvalue weighted by Gasteiger charge is 2.19. The topological polar surface area (TPSA) is 52.6 Å². The third-order valence-electron chi connectivity index (χ3n) is 5.73. The molecule has 0 atom stereocenters. The van der Waals surface area contributed by atoms with E-state index in [1.54, 1.807) is 0 Å². The molecule has 2 heterocycles. The zero-order valence-electron chi connectivity index (χ0n) is 19.9. The number of hydrogen-bond donors (Lipinski definition) is 0. The Morgan fingerprint density at radius 2 is 1.26 bits per heavy atom. The van der Waals surface area contributed by atoms with Crippen molar-refractivity contribution in [2.24, 2.45) is 0 Å². The molecule has 2 aliphatic heterocycles. The number of halogens is 3. The minimum atomic E-state index is -0.461. The molecule has 0 aliphatic carbocycles. The molecular weight excluding hydrogens is 498 g/mol. The lowest BCUT2D eigenvalue weighted by atomic mass is 10.1. The number of fused-ring (bicyclic) bond motifs is 1. The van der Waals surface area contributed by atoms with Crippen LogP contribution in [0.1, 0.15) is 11.1 Å². The van der Waals surface area contributed by atoms with Gasteiger partial charge in [-0.05, 0) is 35.4 Å². The number of benzene rings is 2. The summed E-state index contributed by atoms with van der Waals surface area (Å²) in [7, 11) is 0. The van der Waals surface area contributed by atoms with Crippen molar-refractivity contribution in [1.82, 2.24) is 9.80 Å². The van der Waals surface area contributed by atoms with E-state index in [4.69, 9.17) is 23.7 Å². The fourth-order valence-corrected chi connectivity index (χ4v) is 3.95. The summed E-state index contributed by atoms with van der Waals surface area (Å²) in [6.45, 7) is 7.89. The number of piperazine rings is 1. The Hall–Kier alpha value is -1.81. The van der Waals surface area contributed by atoms with Gasteiger partial charge in [0.05, 0.1) is 26.4 Å². The second kappa shape index (κ2) is 16.0. The van der Waals surface area contributed by atoms with Crippen LogP contribution in [-0.4, -0.2) is 82.5 Å². The molecule has 35 heavy (non-hydrogen) atoms. The second-order valence-electron chi connectivity index (χ2n) is 8.15. The molecule has 0 N–H and O–H groups in total. The first-order chi connectivity index (χ1) is 16.3. The van der Waals surface area contributed by atoms with Gasteiger partial charge in [0.2, 0.25) is 6.79 Å². The first-order valence-corrected chi connectivity index (χ1v) is 11.6. The van der Waals surface area contributed by atoms with Crippen LogP contribution >= 0.6 is 24.8 Å². The summed E-state index contributed by atoms with van der Waals surface area (Å²) in [4.78, 5) is 4.98.